The van der Waals surface area contributed by atoms with Gasteiger partial charge in [-0.1, -0.05) is 61.9 Å². The molecular weight excluding hydrogens is 428 g/mol. The lowest BCUT2D eigenvalue weighted by molar-refractivity contribution is -0.120. The summed E-state index contributed by atoms with van der Waals surface area (Å²) in [6.45, 7) is 2.38. The minimum Gasteiger partial charge on any atom is -0.462 e. The summed E-state index contributed by atoms with van der Waals surface area (Å²) in [6.07, 6.45) is 1.73. The molecule has 0 saturated heterocycles. The highest BCUT2D eigenvalue weighted by Crippen LogP contribution is 2.36. The molecule has 1 aliphatic heterocycles. The summed E-state index contributed by atoms with van der Waals surface area (Å²) in [4.78, 5) is 42.3. The van der Waals surface area contributed by atoms with Crippen molar-refractivity contribution < 1.29 is 19.1 Å². The van der Waals surface area contributed by atoms with E-state index in [0.29, 0.717) is 34.7 Å². The van der Waals surface area contributed by atoms with Gasteiger partial charge in [0.15, 0.2) is 0 Å². The second-order valence-corrected chi connectivity index (χ2v) is 7.97. The molecule has 0 fully saturated rings. The summed E-state index contributed by atoms with van der Waals surface area (Å²) in [7, 11) is 1.78. The predicted octanol–water partition coefficient (Wildman–Crippen LogP) is 5.06. The molecule has 0 saturated carbocycles. The summed E-state index contributed by atoms with van der Waals surface area (Å²) in [5.41, 5.74) is 2.85. The summed E-state index contributed by atoms with van der Waals surface area (Å²) >= 11 is 0. The van der Waals surface area contributed by atoms with Gasteiger partial charge in [0.2, 0.25) is 0 Å². The number of imide groups is 1. The molecular formula is C28H26N2O4. The summed E-state index contributed by atoms with van der Waals surface area (Å²) in [5, 5.41) is 0. The maximum atomic E-state index is 13.6. The van der Waals surface area contributed by atoms with Crippen molar-refractivity contribution in [2.45, 2.75) is 19.8 Å². The van der Waals surface area contributed by atoms with Crippen LogP contribution in [-0.2, 0) is 14.3 Å². The highest BCUT2D eigenvalue weighted by Gasteiger charge is 2.42. The standard InChI is InChI=1S/C28H26N2O4/c1-3-4-19-34-28(33)21-15-17-23(18-16-21)30-26(31)24(20-11-7-5-8-12-20)25(27(30)32)29(2)22-13-9-6-10-14-22/h5-18H,3-4,19H2,1-2H3. The lowest BCUT2D eigenvalue weighted by atomic mass is 10.0. The number of anilines is 2. The molecule has 0 atom stereocenters. The Morgan fingerprint density at radius 3 is 2.09 bits per heavy atom. The van der Waals surface area contributed by atoms with E-state index in [1.807, 2.05) is 67.6 Å². The van der Waals surface area contributed by atoms with E-state index in [1.165, 1.54) is 0 Å². The van der Waals surface area contributed by atoms with Gasteiger partial charge < -0.3 is 9.64 Å². The molecule has 3 aromatic carbocycles. The quantitative estimate of drug-likeness (QED) is 0.270. The summed E-state index contributed by atoms with van der Waals surface area (Å²) in [6, 6.07) is 24.9. The van der Waals surface area contributed by atoms with Crippen LogP contribution in [0.1, 0.15) is 35.7 Å². The zero-order valence-corrected chi connectivity index (χ0v) is 19.2. The number of para-hydroxylation sites is 1. The van der Waals surface area contributed by atoms with Crippen LogP contribution in [-0.4, -0.2) is 31.4 Å². The molecule has 3 aromatic rings. The van der Waals surface area contributed by atoms with Crippen LogP contribution in [0.25, 0.3) is 5.57 Å². The zero-order chi connectivity index (χ0) is 24.1. The fraction of sp³-hybridized carbons (Fsp3) is 0.179. The lowest BCUT2D eigenvalue weighted by Crippen LogP contribution is -2.34. The maximum absolute atomic E-state index is 13.6. The molecule has 6 heteroatoms. The van der Waals surface area contributed by atoms with Crippen LogP contribution in [0.5, 0.6) is 0 Å². The number of carbonyl (C=O) groups excluding carboxylic acids is 3. The second kappa shape index (κ2) is 10.2. The van der Waals surface area contributed by atoms with Crippen molar-refractivity contribution in [3.05, 3.63) is 102 Å². The van der Waals surface area contributed by atoms with Crippen LogP contribution in [0, 0.1) is 0 Å². The number of amides is 2. The van der Waals surface area contributed by atoms with Crippen molar-refractivity contribution in [3.63, 3.8) is 0 Å². The van der Waals surface area contributed by atoms with Crippen LogP contribution in [0.2, 0.25) is 0 Å². The van der Waals surface area contributed by atoms with Crippen molar-refractivity contribution in [1.82, 2.24) is 0 Å². The van der Waals surface area contributed by atoms with Gasteiger partial charge in [0, 0.05) is 12.7 Å². The van der Waals surface area contributed by atoms with Gasteiger partial charge in [0.05, 0.1) is 23.4 Å². The van der Waals surface area contributed by atoms with E-state index in [2.05, 4.69) is 0 Å². The molecule has 2 amide bonds. The average molecular weight is 455 g/mol. The van der Waals surface area contributed by atoms with Gasteiger partial charge in [0.1, 0.15) is 5.70 Å². The molecule has 172 valence electrons. The van der Waals surface area contributed by atoms with Gasteiger partial charge >= 0.3 is 5.97 Å². The number of unbranched alkanes of at least 4 members (excludes halogenated alkanes) is 1. The summed E-state index contributed by atoms with van der Waals surface area (Å²) < 4.78 is 5.25. The van der Waals surface area contributed by atoms with Crippen molar-refractivity contribution in [2.75, 3.05) is 23.5 Å². The molecule has 1 heterocycles. The number of likely N-dealkylation sites (N-methyl/N-ethyl adjacent to an activating group) is 1. The molecule has 1 aliphatic rings. The third-order valence-corrected chi connectivity index (χ3v) is 5.69. The van der Waals surface area contributed by atoms with E-state index >= 15 is 0 Å². The molecule has 0 spiro atoms. The van der Waals surface area contributed by atoms with E-state index in [4.69, 9.17) is 4.74 Å². The van der Waals surface area contributed by atoms with Gasteiger partial charge in [-0.05, 0) is 48.4 Å². The lowest BCUT2D eigenvalue weighted by Gasteiger charge is -2.21. The van der Waals surface area contributed by atoms with E-state index in [9.17, 15) is 14.4 Å². The number of esters is 1. The molecule has 0 unspecified atom stereocenters. The molecule has 0 N–H and O–H groups in total. The Kier molecular flexibility index (Phi) is 6.87. The number of nitrogens with zero attached hydrogens (tertiary/aromatic N) is 2. The van der Waals surface area contributed by atoms with E-state index in [1.54, 1.807) is 36.2 Å². The van der Waals surface area contributed by atoms with Gasteiger partial charge in [-0.25, -0.2) is 9.69 Å². The maximum Gasteiger partial charge on any atom is 0.338 e. The third kappa shape index (κ3) is 4.48. The molecule has 0 radical (unpaired) electrons. The van der Waals surface area contributed by atoms with Crippen LogP contribution in [0.4, 0.5) is 11.4 Å². The van der Waals surface area contributed by atoms with Gasteiger partial charge in [-0.3, -0.25) is 9.59 Å². The average Bonchev–Trinajstić information content (AvgIpc) is 3.14. The molecule has 4 rings (SSSR count). The zero-order valence-electron chi connectivity index (χ0n) is 19.2. The Bertz CT molecular complexity index is 1220. The monoisotopic (exact) mass is 454 g/mol. The first-order valence-electron chi connectivity index (χ1n) is 11.3. The van der Waals surface area contributed by atoms with Crippen LogP contribution >= 0.6 is 0 Å². The van der Waals surface area contributed by atoms with E-state index in [0.717, 1.165) is 23.4 Å². The first-order valence-corrected chi connectivity index (χ1v) is 11.3. The van der Waals surface area contributed by atoms with Crippen LogP contribution in [0.15, 0.2) is 90.6 Å². The van der Waals surface area contributed by atoms with E-state index < -0.39 is 17.8 Å². The number of rotatable bonds is 8. The van der Waals surface area contributed by atoms with Crippen molar-refractivity contribution in [3.8, 4) is 0 Å². The number of hydrogen-bond acceptors (Lipinski definition) is 5. The van der Waals surface area contributed by atoms with E-state index in [-0.39, 0.29) is 0 Å². The topological polar surface area (TPSA) is 66.9 Å². The Morgan fingerprint density at radius 1 is 0.853 bits per heavy atom. The molecule has 0 aliphatic carbocycles. The number of carbonyl (C=O) groups is 3. The van der Waals surface area contributed by atoms with Gasteiger partial charge in [-0.2, -0.15) is 0 Å². The highest BCUT2D eigenvalue weighted by atomic mass is 16.5. The molecule has 6 nitrogen and oxygen atoms in total. The minimum atomic E-state index is -0.424. The third-order valence-electron chi connectivity index (χ3n) is 5.69. The molecule has 0 bridgehead atoms. The predicted molar refractivity (Wildman–Crippen MR) is 132 cm³/mol. The van der Waals surface area contributed by atoms with Gasteiger partial charge in [-0.15, -0.1) is 0 Å². The first kappa shape index (κ1) is 23.0. The van der Waals surface area contributed by atoms with Crippen molar-refractivity contribution in [2.24, 2.45) is 0 Å². The fourth-order valence-electron chi connectivity index (χ4n) is 3.85. The number of benzene rings is 3. The Morgan fingerprint density at radius 2 is 1.47 bits per heavy atom. The highest BCUT2D eigenvalue weighted by molar-refractivity contribution is 6.46. The minimum absolute atomic E-state index is 0.297. The molecule has 0 aromatic heterocycles. The first-order chi connectivity index (χ1) is 16.5. The Balaban J connectivity index is 1.68. The fourth-order valence-corrected chi connectivity index (χ4v) is 3.85. The van der Waals surface area contributed by atoms with Crippen LogP contribution in [0.3, 0.4) is 0 Å². The Labute approximate surface area is 199 Å². The number of hydrogen-bond donors (Lipinski definition) is 0. The smallest absolute Gasteiger partial charge is 0.338 e. The molecule has 34 heavy (non-hydrogen) atoms. The Hall–Kier alpha value is -4.19. The number of ether oxygens (including phenoxy) is 1. The normalized spacial score (nSPS) is 13.4. The van der Waals surface area contributed by atoms with Crippen LogP contribution < -0.4 is 9.80 Å². The van der Waals surface area contributed by atoms with Crippen molar-refractivity contribution in [1.29, 1.82) is 0 Å². The largest absolute Gasteiger partial charge is 0.462 e. The SMILES string of the molecule is CCCCOC(=O)c1ccc(N2C(=O)C(c3ccccc3)=C(N(C)c3ccccc3)C2=O)cc1. The van der Waals surface area contributed by atoms with Gasteiger partial charge in [0.25, 0.3) is 11.8 Å². The second-order valence-electron chi connectivity index (χ2n) is 7.97. The van der Waals surface area contributed by atoms with Crippen molar-refractivity contribution >= 4 is 34.7 Å². The summed E-state index contributed by atoms with van der Waals surface area (Å²) in [5.74, 6) is -1.26.